The monoisotopic (exact) mass is 283 g/mol. The van der Waals surface area contributed by atoms with Crippen LogP contribution in [0.4, 0.5) is 5.13 Å². The van der Waals surface area contributed by atoms with Crippen LogP contribution >= 0.6 is 23.7 Å². The van der Waals surface area contributed by atoms with Gasteiger partial charge in [-0.05, 0) is 43.7 Å². The van der Waals surface area contributed by atoms with Crippen molar-refractivity contribution in [2.24, 2.45) is 5.10 Å². The second-order valence-electron chi connectivity index (χ2n) is 3.62. The molecule has 1 heterocycles. The number of rotatable bonds is 3. The number of phenols is 1. The van der Waals surface area contributed by atoms with Gasteiger partial charge in [0, 0.05) is 4.88 Å². The van der Waals surface area contributed by atoms with E-state index < -0.39 is 0 Å². The number of thiazole rings is 1. The first-order chi connectivity index (χ1) is 8.15. The van der Waals surface area contributed by atoms with Crippen molar-refractivity contribution in [3.8, 4) is 5.75 Å². The number of nitrogens with zero attached hydrogens (tertiary/aromatic N) is 2. The van der Waals surface area contributed by atoms with E-state index in [4.69, 9.17) is 5.11 Å². The number of halogens is 1. The quantitative estimate of drug-likeness (QED) is 0.671. The molecule has 2 aromatic rings. The zero-order valence-corrected chi connectivity index (χ0v) is 11.7. The average Bonchev–Trinajstić information content (AvgIpc) is 2.61. The van der Waals surface area contributed by atoms with Gasteiger partial charge in [-0.2, -0.15) is 5.10 Å². The largest absolute Gasteiger partial charge is 0.508 e. The maximum Gasteiger partial charge on any atom is 0.203 e. The van der Waals surface area contributed by atoms with Crippen LogP contribution in [-0.4, -0.2) is 16.3 Å². The lowest BCUT2D eigenvalue weighted by atomic mass is 10.2. The van der Waals surface area contributed by atoms with E-state index in [1.165, 1.54) is 4.88 Å². The summed E-state index contributed by atoms with van der Waals surface area (Å²) in [5.41, 5.74) is 4.83. The Morgan fingerprint density at radius 3 is 2.50 bits per heavy atom. The molecule has 2 N–H and O–H groups in total. The van der Waals surface area contributed by atoms with Gasteiger partial charge in [-0.3, -0.25) is 5.43 Å². The van der Waals surface area contributed by atoms with Gasteiger partial charge in [-0.15, -0.1) is 23.7 Å². The van der Waals surface area contributed by atoms with Gasteiger partial charge in [-0.25, -0.2) is 4.98 Å². The Morgan fingerprint density at radius 1 is 1.28 bits per heavy atom. The molecule has 0 unspecified atom stereocenters. The Labute approximate surface area is 116 Å². The molecule has 1 aromatic heterocycles. The van der Waals surface area contributed by atoms with Crippen LogP contribution in [0.25, 0.3) is 0 Å². The summed E-state index contributed by atoms with van der Waals surface area (Å²) in [7, 11) is 0. The second kappa shape index (κ2) is 6.37. The summed E-state index contributed by atoms with van der Waals surface area (Å²) < 4.78 is 0. The topological polar surface area (TPSA) is 57.5 Å². The minimum Gasteiger partial charge on any atom is -0.508 e. The number of aromatic hydroxyl groups is 1. The van der Waals surface area contributed by atoms with E-state index in [1.807, 2.05) is 13.8 Å². The number of hydrogen-bond donors (Lipinski definition) is 2. The molecule has 0 spiro atoms. The molecular weight excluding hydrogens is 270 g/mol. The number of aromatic nitrogens is 1. The highest BCUT2D eigenvalue weighted by molar-refractivity contribution is 7.15. The van der Waals surface area contributed by atoms with Crippen LogP contribution in [0.15, 0.2) is 29.4 Å². The first-order valence-electron chi connectivity index (χ1n) is 5.17. The predicted octanol–water partition coefficient (Wildman–Crippen LogP) is 3.33. The molecule has 0 aliphatic rings. The number of benzene rings is 1. The number of nitrogens with one attached hydrogen (secondary N) is 1. The molecule has 0 amide bonds. The molecule has 0 saturated carbocycles. The molecule has 2 rings (SSSR count). The van der Waals surface area contributed by atoms with Gasteiger partial charge in [0.2, 0.25) is 5.13 Å². The molecule has 96 valence electrons. The molecule has 0 aliphatic carbocycles. The molecule has 0 aliphatic heterocycles. The lowest BCUT2D eigenvalue weighted by Crippen LogP contribution is -1.89. The third-order valence-electron chi connectivity index (χ3n) is 2.30. The summed E-state index contributed by atoms with van der Waals surface area (Å²) in [5.74, 6) is 0.251. The van der Waals surface area contributed by atoms with E-state index in [1.54, 1.807) is 41.8 Å². The number of phenolic OH excluding ortho intramolecular Hbond substituents is 1. The summed E-state index contributed by atoms with van der Waals surface area (Å²) in [6.07, 6.45) is 1.69. The van der Waals surface area contributed by atoms with E-state index in [0.29, 0.717) is 0 Å². The summed E-state index contributed by atoms with van der Waals surface area (Å²) in [5, 5.41) is 14.0. The highest BCUT2D eigenvalue weighted by Crippen LogP contribution is 2.20. The van der Waals surface area contributed by atoms with Gasteiger partial charge in [0.15, 0.2) is 0 Å². The highest BCUT2D eigenvalue weighted by atomic mass is 35.5. The van der Waals surface area contributed by atoms with Crippen LogP contribution in [0.1, 0.15) is 16.1 Å². The van der Waals surface area contributed by atoms with Crippen molar-refractivity contribution in [2.45, 2.75) is 13.8 Å². The average molecular weight is 284 g/mol. The number of aryl methyl sites for hydroxylation is 2. The summed E-state index contributed by atoms with van der Waals surface area (Å²) in [4.78, 5) is 5.50. The number of hydrazone groups is 1. The van der Waals surface area contributed by atoms with Crippen LogP contribution in [0, 0.1) is 13.8 Å². The van der Waals surface area contributed by atoms with Crippen molar-refractivity contribution in [1.29, 1.82) is 0 Å². The van der Waals surface area contributed by atoms with Gasteiger partial charge in [0.25, 0.3) is 0 Å². The SMILES string of the molecule is Cc1nc(N/N=C/c2ccc(O)cc2)sc1C.Cl. The maximum atomic E-state index is 9.12. The highest BCUT2D eigenvalue weighted by Gasteiger charge is 2.00. The molecule has 0 atom stereocenters. The van der Waals surface area contributed by atoms with Crippen LogP contribution in [0.2, 0.25) is 0 Å². The molecular formula is C12H14ClN3OS. The zero-order valence-electron chi connectivity index (χ0n) is 10.0. The van der Waals surface area contributed by atoms with Crippen LogP contribution in [0.3, 0.4) is 0 Å². The zero-order chi connectivity index (χ0) is 12.3. The van der Waals surface area contributed by atoms with Crippen molar-refractivity contribution in [3.63, 3.8) is 0 Å². The Morgan fingerprint density at radius 2 is 1.94 bits per heavy atom. The fourth-order valence-electron chi connectivity index (χ4n) is 1.24. The van der Waals surface area contributed by atoms with Gasteiger partial charge in [0.05, 0.1) is 11.9 Å². The minimum atomic E-state index is 0. The lowest BCUT2D eigenvalue weighted by Gasteiger charge is -1.94. The Hall–Kier alpha value is -1.59. The minimum absolute atomic E-state index is 0. The van der Waals surface area contributed by atoms with Crippen molar-refractivity contribution in [1.82, 2.24) is 4.98 Å². The molecule has 4 nitrogen and oxygen atoms in total. The Kier molecular flexibility index (Phi) is 5.12. The van der Waals surface area contributed by atoms with E-state index >= 15 is 0 Å². The van der Waals surface area contributed by atoms with Gasteiger partial charge in [0.1, 0.15) is 5.75 Å². The smallest absolute Gasteiger partial charge is 0.203 e. The summed E-state index contributed by atoms with van der Waals surface area (Å²) in [6, 6.07) is 6.83. The molecule has 6 heteroatoms. The summed E-state index contributed by atoms with van der Waals surface area (Å²) >= 11 is 1.58. The first-order valence-corrected chi connectivity index (χ1v) is 5.99. The third kappa shape index (κ3) is 3.72. The van der Waals surface area contributed by atoms with Crippen molar-refractivity contribution < 1.29 is 5.11 Å². The molecule has 1 aromatic carbocycles. The number of anilines is 1. The molecule has 0 bridgehead atoms. The normalized spacial score (nSPS) is 10.3. The molecule has 0 fully saturated rings. The first kappa shape index (κ1) is 14.5. The lowest BCUT2D eigenvalue weighted by molar-refractivity contribution is 0.475. The predicted molar refractivity (Wildman–Crippen MR) is 78.2 cm³/mol. The van der Waals surface area contributed by atoms with Gasteiger partial charge >= 0.3 is 0 Å². The Bertz CT molecular complexity index is 517. The van der Waals surface area contributed by atoms with Gasteiger partial charge < -0.3 is 5.11 Å². The van der Waals surface area contributed by atoms with E-state index in [-0.39, 0.29) is 18.2 Å². The van der Waals surface area contributed by atoms with Crippen molar-refractivity contribution in [2.75, 3.05) is 5.43 Å². The summed E-state index contributed by atoms with van der Waals surface area (Å²) in [6.45, 7) is 4.00. The van der Waals surface area contributed by atoms with Crippen molar-refractivity contribution >= 4 is 35.1 Å². The second-order valence-corrected chi connectivity index (χ2v) is 4.83. The van der Waals surface area contributed by atoms with Crippen LogP contribution in [-0.2, 0) is 0 Å². The third-order valence-corrected chi connectivity index (χ3v) is 3.27. The van der Waals surface area contributed by atoms with E-state index in [0.717, 1.165) is 16.4 Å². The van der Waals surface area contributed by atoms with Crippen LogP contribution in [0.5, 0.6) is 5.75 Å². The van der Waals surface area contributed by atoms with E-state index in [2.05, 4.69) is 15.5 Å². The fourth-order valence-corrected chi connectivity index (χ4v) is 2.01. The molecule has 0 radical (unpaired) electrons. The van der Waals surface area contributed by atoms with Crippen LogP contribution < -0.4 is 5.43 Å². The fraction of sp³-hybridized carbons (Fsp3) is 0.167. The molecule has 18 heavy (non-hydrogen) atoms. The van der Waals surface area contributed by atoms with Gasteiger partial charge in [-0.1, -0.05) is 0 Å². The standard InChI is InChI=1S/C12H13N3OS.ClH/c1-8-9(2)17-12(14-8)15-13-7-10-3-5-11(16)6-4-10;/h3-7,16H,1-2H3,(H,14,15);1H/b13-7+;. The van der Waals surface area contributed by atoms with E-state index in [9.17, 15) is 0 Å². The Balaban J connectivity index is 0.00000162. The molecule has 0 saturated heterocycles. The number of hydrogen-bond acceptors (Lipinski definition) is 5. The maximum absolute atomic E-state index is 9.12. The van der Waals surface area contributed by atoms with Crippen molar-refractivity contribution in [3.05, 3.63) is 40.4 Å².